The molecule has 0 radical (unpaired) electrons. The number of benzene rings is 1. The smallest absolute Gasteiger partial charge is 0.320 e. The van der Waals surface area contributed by atoms with Crippen molar-refractivity contribution in [3.05, 3.63) is 53.5 Å². The highest BCUT2D eigenvalue weighted by atomic mass is 19.1. The number of nitrogens with two attached hydrogens (primary N) is 2. The number of aliphatic imine (C=N–C) groups is 1. The molecule has 7 nitrogen and oxygen atoms in total. The van der Waals surface area contributed by atoms with Gasteiger partial charge >= 0.3 is 6.03 Å². The Kier molecular flexibility index (Phi) is 6.11. The average Bonchev–Trinajstić information content (AvgIpc) is 2.54. The van der Waals surface area contributed by atoms with Crippen molar-refractivity contribution in [2.75, 3.05) is 11.1 Å². The van der Waals surface area contributed by atoms with Crippen molar-refractivity contribution in [3.63, 3.8) is 0 Å². The molecule has 0 saturated heterocycles. The third-order valence-electron chi connectivity index (χ3n) is 3.57. The summed E-state index contributed by atoms with van der Waals surface area (Å²) in [4.78, 5) is 20.5. The van der Waals surface area contributed by atoms with Crippen LogP contribution in [0.1, 0.15) is 37.9 Å². The van der Waals surface area contributed by atoms with Crippen LogP contribution in [0, 0.1) is 5.82 Å². The van der Waals surface area contributed by atoms with Crippen LogP contribution in [0.25, 0.3) is 0 Å². The van der Waals surface area contributed by atoms with Gasteiger partial charge in [0.2, 0.25) is 0 Å². The molecule has 6 N–H and O–H groups in total. The molecule has 26 heavy (non-hydrogen) atoms. The van der Waals surface area contributed by atoms with E-state index >= 15 is 0 Å². The summed E-state index contributed by atoms with van der Waals surface area (Å²) in [6, 6.07) is 6.70. The molecule has 1 aromatic carbocycles. The van der Waals surface area contributed by atoms with Crippen molar-refractivity contribution in [1.29, 1.82) is 0 Å². The van der Waals surface area contributed by atoms with E-state index in [9.17, 15) is 9.18 Å². The van der Waals surface area contributed by atoms with Gasteiger partial charge in [-0.1, -0.05) is 12.1 Å². The van der Waals surface area contributed by atoms with Crippen LogP contribution in [-0.4, -0.2) is 22.9 Å². The molecule has 138 valence electrons. The Hall–Kier alpha value is -3.16. The number of urea groups is 1. The van der Waals surface area contributed by atoms with E-state index in [2.05, 4.69) is 20.6 Å². The quantitative estimate of drug-likeness (QED) is 0.485. The highest BCUT2D eigenvalue weighted by Gasteiger charge is 2.12. The summed E-state index contributed by atoms with van der Waals surface area (Å²) in [5.74, 6) is 0.254. The second-order valence-corrected chi connectivity index (χ2v) is 6.14. The van der Waals surface area contributed by atoms with E-state index in [0.717, 1.165) is 5.56 Å². The Morgan fingerprint density at radius 2 is 1.88 bits per heavy atom. The number of nitrogens with one attached hydrogen (secondary N) is 2. The van der Waals surface area contributed by atoms with Gasteiger partial charge in [-0.05, 0) is 38.5 Å². The van der Waals surface area contributed by atoms with E-state index in [0.29, 0.717) is 17.1 Å². The van der Waals surface area contributed by atoms with E-state index in [1.807, 2.05) is 13.8 Å². The van der Waals surface area contributed by atoms with Crippen molar-refractivity contribution in [2.45, 2.75) is 32.9 Å². The molecule has 1 aromatic heterocycles. The number of hydrogen-bond acceptors (Lipinski definition) is 4. The lowest BCUT2D eigenvalue weighted by Crippen LogP contribution is -2.31. The van der Waals surface area contributed by atoms with Gasteiger partial charge in [-0.25, -0.2) is 14.2 Å². The van der Waals surface area contributed by atoms with E-state index in [4.69, 9.17) is 11.5 Å². The first kappa shape index (κ1) is 19.2. The van der Waals surface area contributed by atoms with Crippen molar-refractivity contribution < 1.29 is 9.18 Å². The maximum absolute atomic E-state index is 13.0. The molecule has 0 spiro atoms. The van der Waals surface area contributed by atoms with Crippen molar-refractivity contribution in [2.24, 2.45) is 10.7 Å². The van der Waals surface area contributed by atoms with Gasteiger partial charge in [0.1, 0.15) is 17.5 Å². The number of amidine groups is 1. The van der Waals surface area contributed by atoms with Gasteiger partial charge in [0.05, 0.1) is 11.6 Å². The van der Waals surface area contributed by atoms with Crippen LogP contribution in [0.2, 0.25) is 0 Å². The number of aromatic nitrogens is 1. The second kappa shape index (κ2) is 8.28. The van der Waals surface area contributed by atoms with Crippen molar-refractivity contribution in [1.82, 2.24) is 10.3 Å². The number of nitrogen functional groups attached to an aromatic ring is 1. The van der Waals surface area contributed by atoms with Gasteiger partial charge in [-0.15, -0.1) is 0 Å². The number of halogens is 1. The van der Waals surface area contributed by atoms with Crippen LogP contribution in [0.3, 0.4) is 0 Å². The fourth-order valence-electron chi connectivity index (χ4n) is 2.28. The maximum atomic E-state index is 13.0. The molecule has 0 aliphatic carbocycles. The van der Waals surface area contributed by atoms with Gasteiger partial charge in [-0.2, -0.15) is 0 Å². The number of anilines is 2. The molecule has 2 amide bonds. The Morgan fingerprint density at radius 1 is 1.23 bits per heavy atom. The summed E-state index contributed by atoms with van der Waals surface area (Å²) in [6.45, 7) is 5.60. The van der Waals surface area contributed by atoms with Crippen LogP contribution in [0.4, 0.5) is 20.7 Å². The summed E-state index contributed by atoms with van der Waals surface area (Å²) in [6.07, 6.45) is 1.47. The topological polar surface area (TPSA) is 118 Å². The zero-order valence-electron chi connectivity index (χ0n) is 15.0. The predicted octanol–water partition coefficient (Wildman–Crippen LogP) is 2.80. The molecule has 1 unspecified atom stereocenters. The van der Waals surface area contributed by atoms with E-state index in [-0.39, 0.29) is 23.7 Å². The van der Waals surface area contributed by atoms with Crippen LogP contribution in [-0.2, 0) is 0 Å². The third-order valence-corrected chi connectivity index (χ3v) is 3.57. The molecule has 1 heterocycles. The molecule has 0 saturated carbocycles. The van der Waals surface area contributed by atoms with Gasteiger partial charge in [0.25, 0.3) is 0 Å². The van der Waals surface area contributed by atoms with Crippen LogP contribution >= 0.6 is 0 Å². The van der Waals surface area contributed by atoms with Crippen molar-refractivity contribution >= 4 is 23.4 Å². The summed E-state index contributed by atoms with van der Waals surface area (Å²) >= 11 is 0. The summed E-state index contributed by atoms with van der Waals surface area (Å²) < 4.78 is 13.0. The highest BCUT2D eigenvalue weighted by molar-refractivity contribution is 6.02. The maximum Gasteiger partial charge on any atom is 0.320 e. The predicted molar refractivity (Wildman–Crippen MR) is 101 cm³/mol. The molecule has 0 bridgehead atoms. The van der Waals surface area contributed by atoms with Crippen LogP contribution in [0.15, 0.2) is 41.5 Å². The molecular formula is C18H23FN6O. The number of carbonyl (C=O) groups excluding carboxylic acids is 1. The normalized spacial score (nSPS) is 12.7. The lowest BCUT2D eigenvalue weighted by Gasteiger charge is -2.15. The minimum absolute atomic E-state index is 0.0333. The Morgan fingerprint density at radius 3 is 2.46 bits per heavy atom. The number of hydrogen-bond donors (Lipinski definition) is 4. The molecular weight excluding hydrogens is 335 g/mol. The van der Waals surface area contributed by atoms with Gasteiger partial charge in [0.15, 0.2) is 0 Å². The summed E-state index contributed by atoms with van der Waals surface area (Å²) in [5.41, 5.74) is 13.5. The van der Waals surface area contributed by atoms with Gasteiger partial charge in [-0.3, -0.25) is 10.3 Å². The Labute approximate surface area is 151 Å². The first-order valence-electron chi connectivity index (χ1n) is 8.18. The fraction of sp³-hybridized carbons (Fsp3) is 0.278. The minimum atomic E-state index is -0.453. The summed E-state index contributed by atoms with van der Waals surface area (Å²) in [7, 11) is 0. The zero-order chi connectivity index (χ0) is 19.3. The van der Waals surface area contributed by atoms with E-state index < -0.39 is 6.03 Å². The number of nitrogens with zero attached hydrogens (tertiary/aromatic N) is 2. The van der Waals surface area contributed by atoms with Gasteiger partial charge < -0.3 is 16.8 Å². The molecule has 1 atom stereocenters. The lowest BCUT2D eigenvalue weighted by atomic mass is 10.1. The monoisotopic (exact) mass is 358 g/mol. The minimum Gasteiger partial charge on any atom is -0.398 e. The fourth-order valence-corrected chi connectivity index (χ4v) is 2.28. The largest absolute Gasteiger partial charge is 0.398 e. The number of rotatable bonds is 5. The molecule has 0 fully saturated rings. The molecule has 2 aromatic rings. The SMILES string of the molecule is CC(C)N=C(N)c1cnc(NC(=O)NC(C)c2ccc(F)cc2)cc1N. The molecule has 0 aliphatic heterocycles. The Bertz CT molecular complexity index is 804. The first-order chi connectivity index (χ1) is 12.3. The summed E-state index contributed by atoms with van der Waals surface area (Å²) in [5, 5.41) is 5.35. The molecule has 0 aliphatic rings. The molecule has 2 rings (SSSR count). The standard InChI is InChI=1S/C18H23FN6O/c1-10(2)23-17(21)14-9-22-16(8-15(14)20)25-18(26)24-11(3)12-4-6-13(19)7-5-12/h4-11H,1-3H3,(H2,21,23)(H4,20,22,24,25,26). The van der Waals surface area contributed by atoms with Crippen LogP contribution < -0.4 is 22.1 Å². The lowest BCUT2D eigenvalue weighted by molar-refractivity contribution is 0.249. The van der Waals surface area contributed by atoms with Crippen molar-refractivity contribution in [3.8, 4) is 0 Å². The average molecular weight is 358 g/mol. The number of amides is 2. The molecule has 8 heteroatoms. The third kappa shape index (κ3) is 5.17. The second-order valence-electron chi connectivity index (χ2n) is 6.14. The first-order valence-corrected chi connectivity index (χ1v) is 8.18. The van der Waals surface area contributed by atoms with Gasteiger partial charge in [0, 0.05) is 24.0 Å². The zero-order valence-corrected chi connectivity index (χ0v) is 15.0. The highest BCUT2D eigenvalue weighted by Crippen LogP contribution is 2.16. The Balaban J connectivity index is 2.03. The number of carbonyl (C=O) groups is 1. The van der Waals surface area contributed by atoms with E-state index in [1.54, 1.807) is 19.1 Å². The van der Waals surface area contributed by atoms with Crippen LogP contribution in [0.5, 0.6) is 0 Å². The number of pyridine rings is 1. The van der Waals surface area contributed by atoms with E-state index in [1.165, 1.54) is 24.4 Å².